The summed E-state index contributed by atoms with van der Waals surface area (Å²) < 4.78 is 6.33. The highest BCUT2D eigenvalue weighted by Gasteiger charge is 2.39. The van der Waals surface area contributed by atoms with Crippen molar-refractivity contribution in [1.29, 1.82) is 0 Å². The summed E-state index contributed by atoms with van der Waals surface area (Å²) in [6, 6.07) is 23.4. The standard InChI is InChI=1S/C29H29ClN2O2/c1-31-22-8-9-23(31)17-25(16-22)34-28-12-10-24(18-27(28)30)32-14-13-21-15-20(7-11-26(21)29(32)33)19-5-3-2-4-6-19/h2-7,10-12,15,18,22-23,25H,8-9,13-14,16-17H2,1H3/t22-,23+,25-. The molecule has 0 unspecified atom stereocenters. The molecule has 0 aromatic heterocycles. The molecule has 0 saturated carbocycles. The number of fused-ring (bicyclic) bond motifs is 3. The second-order valence-electron chi connectivity index (χ2n) is 9.82. The molecule has 34 heavy (non-hydrogen) atoms. The first kappa shape index (κ1) is 21.7. The van der Waals surface area contributed by atoms with Crippen molar-refractivity contribution in [3.8, 4) is 16.9 Å². The van der Waals surface area contributed by atoms with Crippen LogP contribution in [0.1, 0.15) is 41.6 Å². The summed E-state index contributed by atoms with van der Waals surface area (Å²) in [4.78, 5) is 17.7. The third kappa shape index (κ3) is 3.89. The van der Waals surface area contributed by atoms with Gasteiger partial charge in [-0.2, -0.15) is 0 Å². The molecule has 2 bridgehead atoms. The monoisotopic (exact) mass is 472 g/mol. The lowest BCUT2D eigenvalue weighted by Gasteiger charge is -2.36. The largest absolute Gasteiger partial charge is 0.489 e. The summed E-state index contributed by atoms with van der Waals surface area (Å²) in [5.41, 5.74) is 5.01. The van der Waals surface area contributed by atoms with Crippen LogP contribution in [-0.2, 0) is 6.42 Å². The Morgan fingerprint density at radius 1 is 0.912 bits per heavy atom. The van der Waals surface area contributed by atoms with Crippen LogP contribution in [0.4, 0.5) is 5.69 Å². The third-order valence-corrected chi connectivity index (χ3v) is 8.16. The molecule has 3 aromatic carbocycles. The van der Waals surface area contributed by atoms with E-state index < -0.39 is 0 Å². The number of piperidine rings is 1. The van der Waals surface area contributed by atoms with E-state index in [0.717, 1.165) is 47.4 Å². The molecule has 3 aromatic rings. The van der Waals surface area contributed by atoms with Crippen molar-refractivity contribution in [1.82, 2.24) is 4.90 Å². The van der Waals surface area contributed by atoms with Crippen LogP contribution in [0.3, 0.4) is 0 Å². The molecule has 0 radical (unpaired) electrons. The number of rotatable bonds is 4. The van der Waals surface area contributed by atoms with E-state index in [9.17, 15) is 4.79 Å². The van der Waals surface area contributed by atoms with Crippen LogP contribution in [0.2, 0.25) is 5.02 Å². The van der Waals surface area contributed by atoms with Crippen molar-refractivity contribution in [2.45, 2.75) is 50.3 Å². The first-order valence-electron chi connectivity index (χ1n) is 12.2. The fourth-order valence-electron chi connectivity index (χ4n) is 5.94. The first-order chi connectivity index (χ1) is 16.6. The van der Waals surface area contributed by atoms with Gasteiger partial charge in [-0.1, -0.05) is 54.1 Å². The average Bonchev–Trinajstić information content (AvgIpc) is 3.06. The molecule has 0 N–H and O–H groups in total. The fourth-order valence-corrected chi connectivity index (χ4v) is 6.15. The van der Waals surface area contributed by atoms with Crippen molar-refractivity contribution < 1.29 is 9.53 Å². The molecule has 6 rings (SSSR count). The number of amides is 1. The van der Waals surface area contributed by atoms with Gasteiger partial charge in [-0.05, 0) is 80.1 Å². The predicted molar refractivity (Wildman–Crippen MR) is 137 cm³/mol. The normalized spacial score (nSPS) is 24.2. The Balaban J connectivity index is 1.19. The van der Waals surface area contributed by atoms with Crippen molar-refractivity contribution in [2.24, 2.45) is 0 Å². The Morgan fingerprint density at radius 2 is 1.68 bits per heavy atom. The number of benzene rings is 3. The number of hydrogen-bond donors (Lipinski definition) is 0. The van der Waals surface area contributed by atoms with E-state index in [1.165, 1.54) is 18.4 Å². The van der Waals surface area contributed by atoms with Crippen molar-refractivity contribution in [2.75, 3.05) is 18.5 Å². The zero-order valence-electron chi connectivity index (χ0n) is 19.4. The Bertz CT molecular complexity index is 1210. The maximum absolute atomic E-state index is 13.3. The molecule has 3 aliphatic heterocycles. The lowest BCUT2D eigenvalue weighted by Crippen LogP contribution is -2.43. The molecule has 3 aliphatic rings. The van der Waals surface area contributed by atoms with E-state index in [-0.39, 0.29) is 12.0 Å². The molecule has 0 spiro atoms. The van der Waals surface area contributed by atoms with E-state index >= 15 is 0 Å². The lowest BCUT2D eigenvalue weighted by atomic mass is 9.94. The quantitative estimate of drug-likeness (QED) is 0.452. The lowest BCUT2D eigenvalue weighted by molar-refractivity contribution is 0.0662. The van der Waals surface area contributed by atoms with Gasteiger partial charge >= 0.3 is 0 Å². The van der Waals surface area contributed by atoms with Crippen LogP contribution in [0.25, 0.3) is 11.1 Å². The smallest absolute Gasteiger partial charge is 0.258 e. The SMILES string of the molecule is CN1[C@@H]2CC[C@H]1C[C@H](Oc1ccc(N3CCc4cc(-c5ccccc5)ccc4C3=O)cc1Cl)C2. The van der Waals surface area contributed by atoms with Crippen molar-refractivity contribution >= 4 is 23.2 Å². The van der Waals surface area contributed by atoms with Crippen LogP contribution in [0.15, 0.2) is 66.7 Å². The highest BCUT2D eigenvalue weighted by atomic mass is 35.5. The van der Waals surface area contributed by atoms with Gasteiger partial charge in [0.2, 0.25) is 0 Å². The van der Waals surface area contributed by atoms with Gasteiger partial charge in [0.1, 0.15) is 11.9 Å². The van der Waals surface area contributed by atoms with E-state index in [1.807, 2.05) is 53.4 Å². The van der Waals surface area contributed by atoms with Gasteiger partial charge in [0, 0.05) is 29.9 Å². The Morgan fingerprint density at radius 3 is 2.41 bits per heavy atom. The first-order valence-corrected chi connectivity index (χ1v) is 12.6. The van der Waals surface area contributed by atoms with E-state index in [2.05, 4.69) is 30.1 Å². The topological polar surface area (TPSA) is 32.8 Å². The number of carbonyl (C=O) groups is 1. The second kappa shape index (κ2) is 8.75. The van der Waals surface area contributed by atoms with Gasteiger partial charge in [-0.3, -0.25) is 4.79 Å². The molecule has 174 valence electrons. The number of ether oxygens (including phenoxy) is 1. The molecule has 4 nitrogen and oxygen atoms in total. The molecular formula is C29H29ClN2O2. The Hall–Kier alpha value is -2.82. The highest BCUT2D eigenvalue weighted by Crippen LogP contribution is 2.38. The summed E-state index contributed by atoms with van der Waals surface area (Å²) in [6.07, 6.45) is 5.66. The summed E-state index contributed by atoms with van der Waals surface area (Å²) in [5.74, 6) is 0.745. The summed E-state index contributed by atoms with van der Waals surface area (Å²) in [6.45, 7) is 0.638. The van der Waals surface area contributed by atoms with E-state index in [4.69, 9.17) is 16.3 Å². The van der Waals surface area contributed by atoms with Crippen LogP contribution >= 0.6 is 11.6 Å². The zero-order chi connectivity index (χ0) is 23.2. The van der Waals surface area contributed by atoms with Crippen LogP contribution in [0, 0.1) is 0 Å². The maximum atomic E-state index is 13.3. The summed E-state index contributed by atoms with van der Waals surface area (Å²) >= 11 is 6.65. The zero-order valence-corrected chi connectivity index (χ0v) is 20.2. The fraction of sp³-hybridized carbons (Fsp3) is 0.345. The minimum absolute atomic E-state index is 0.0255. The molecule has 3 atom stereocenters. The van der Waals surface area contributed by atoms with Crippen LogP contribution in [-0.4, -0.2) is 42.6 Å². The number of carbonyl (C=O) groups excluding carboxylic acids is 1. The molecule has 2 saturated heterocycles. The maximum Gasteiger partial charge on any atom is 0.258 e. The molecule has 0 aliphatic carbocycles. The minimum atomic E-state index is 0.0255. The van der Waals surface area contributed by atoms with Gasteiger partial charge in [0.25, 0.3) is 5.91 Å². The van der Waals surface area contributed by atoms with E-state index in [1.54, 1.807) is 0 Å². The molecule has 3 heterocycles. The molecule has 5 heteroatoms. The number of anilines is 1. The van der Waals surface area contributed by atoms with Crippen molar-refractivity contribution in [3.05, 3.63) is 82.9 Å². The third-order valence-electron chi connectivity index (χ3n) is 7.87. The van der Waals surface area contributed by atoms with E-state index in [0.29, 0.717) is 23.7 Å². The van der Waals surface area contributed by atoms with Crippen LogP contribution < -0.4 is 9.64 Å². The average molecular weight is 473 g/mol. The predicted octanol–water partition coefficient (Wildman–Crippen LogP) is 6.21. The Labute approximate surface area is 206 Å². The van der Waals surface area contributed by atoms with Gasteiger partial charge < -0.3 is 14.5 Å². The number of nitrogens with zero attached hydrogens (tertiary/aromatic N) is 2. The molecule has 1 amide bonds. The Kier molecular flexibility index (Phi) is 5.59. The van der Waals surface area contributed by atoms with Gasteiger partial charge in [-0.15, -0.1) is 0 Å². The van der Waals surface area contributed by atoms with Crippen molar-refractivity contribution in [3.63, 3.8) is 0 Å². The second-order valence-corrected chi connectivity index (χ2v) is 10.2. The van der Waals surface area contributed by atoms with Gasteiger partial charge in [0.05, 0.1) is 5.02 Å². The summed E-state index contributed by atoms with van der Waals surface area (Å²) in [5, 5.41) is 0.571. The number of hydrogen-bond acceptors (Lipinski definition) is 3. The van der Waals surface area contributed by atoms with Crippen LogP contribution in [0.5, 0.6) is 5.75 Å². The highest BCUT2D eigenvalue weighted by molar-refractivity contribution is 6.32. The molecular weight excluding hydrogens is 444 g/mol. The van der Waals surface area contributed by atoms with Gasteiger partial charge in [-0.25, -0.2) is 0 Å². The summed E-state index contributed by atoms with van der Waals surface area (Å²) in [7, 11) is 2.23. The van der Waals surface area contributed by atoms with Gasteiger partial charge in [0.15, 0.2) is 0 Å². The number of halogens is 1. The molecule has 2 fully saturated rings. The minimum Gasteiger partial charge on any atom is -0.489 e.